The second kappa shape index (κ2) is 6.05. The molecule has 0 saturated heterocycles. The van der Waals surface area contributed by atoms with Crippen LogP contribution < -0.4 is 11.3 Å². The summed E-state index contributed by atoms with van der Waals surface area (Å²) in [6, 6.07) is 4.46. The van der Waals surface area contributed by atoms with Crippen molar-refractivity contribution in [3.8, 4) is 0 Å². The predicted octanol–water partition coefficient (Wildman–Crippen LogP) is 3.17. The lowest BCUT2D eigenvalue weighted by molar-refractivity contribution is 0.470. The molecule has 0 aliphatic heterocycles. The molecule has 1 unspecified atom stereocenters. The highest BCUT2D eigenvalue weighted by Crippen LogP contribution is 2.28. The topological polar surface area (TPSA) is 38.0 Å². The lowest BCUT2D eigenvalue weighted by Crippen LogP contribution is -2.28. The summed E-state index contributed by atoms with van der Waals surface area (Å²) < 4.78 is 13.5. The second-order valence-electron chi connectivity index (χ2n) is 3.50. The molecule has 0 spiro atoms. The molecule has 0 saturated carbocycles. The van der Waals surface area contributed by atoms with Gasteiger partial charge in [-0.1, -0.05) is 37.4 Å². The Morgan fingerprint density at radius 3 is 2.80 bits per heavy atom. The van der Waals surface area contributed by atoms with E-state index in [-0.39, 0.29) is 11.9 Å². The van der Waals surface area contributed by atoms with Crippen molar-refractivity contribution < 1.29 is 4.39 Å². The summed E-state index contributed by atoms with van der Waals surface area (Å²) in [6.45, 7) is 2.08. The Kier molecular flexibility index (Phi) is 5.02. The third kappa shape index (κ3) is 3.16. The number of nitrogens with one attached hydrogen (secondary N) is 1. The zero-order valence-corrected chi connectivity index (χ0v) is 9.52. The molecule has 84 valence electrons. The van der Waals surface area contributed by atoms with Crippen LogP contribution in [0.5, 0.6) is 0 Å². The molecule has 0 aromatic heterocycles. The molecule has 1 rings (SSSR count). The van der Waals surface area contributed by atoms with E-state index in [4.69, 9.17) is 17.4 Å². The van der Waals surface area contributed by atoms with Crippen LogP contribution in [0.25, 0.3) is 0 Å². The molecule has 0 amide bonds. The molecular formula is C11H16ClFN2. The predicted molar refractivity (Wildman–Crippen MR) is 61.0 cm³/mol. The molecule has 0 radical (unpaired) electrons. The Morgan fingerprint density at radius 2 is 2.27 bits per heavy atom. The van der Waals surface area contributed by atoms with Gasteiger partial charge in [-0.05, 0) is 18.6 Å². The fraction of sp³-hybridized carbons (Fsp3) is 0.455. The van der Waals surface area contributed by atoms with Crippen LogP contribution in [0.15, 0.2) is 18.2 Å². The highest BCUT2D eigenvalue weighted by atomic mass is 35.5. The van der Waals surface area contributed by atoms with Crippen molar-refractivity contribution in [3.05, 3.63) is 34.6 Å². The number of rotatable bonds is 5. The van der Waals surface area contributed by atoms with Crippen LogP contribution in [-0.4, -0.2) is 0 Å². The van der Waals surface area contributed by atoms with Gasteiger partial charge >= 0.3 is 0 Å². The highest BCUT2D eigenvalue weighted by Gasteiger charge is 2.16. The van der Waals surface area contributed by atoms with Crippen LogP contribution in [0.2, 0.25) is 5.02 Å². The first-order valence-corrected chi connectivity index (χ1v) is 5.48. The Balaban J connectivity index is 2.90. The Morgan fingerprint density at radius 1 is 1.53 bits per heavy atom. The Hall–Kier alpha value is -0.640. The molecule has 1 aromatic rings. The normalized spacial score (nSPS) is 12.8. The van der Waals surface area contributed by atoms with Crippen molar-refractivity contribution in [3.63, 3.8) is 0 Å². The first kappa shape index (κ1) is 12.4. The average molecular weight is 231 g/mol. The number of benzene rings is 1. The first-order valence-electron chi connectivity index (χ1n) is 5.10. The van der Waals surface area contributed by atoms with E-state index in [1.807, 2.05) is 0 Å². The van der Waals surface area contributed by atoms with Crippen molar-refractivity contribution >= 4 is 11.6 Å². The molecule has 0 heterocycles. The van der Waals surface area contributed by atoms with Crippen molar-refractivity contribution in [2.24, 2.45) is 5.84 Å². The largest absolute Gasteiger partial charge is 0.271 e. The summed E-state index contributed by atoms with van der Waals surface area (Å²) in [6.07, 6.45) is 2.82. The molecule has 1 aromatic carbocycles. The van der Waals surface area contributed by atoms with Gasteiger partial charge in [-0.25, -0.2) is 4.39 Å². The van der Waals surface area contributed by atoms with Gasteiger partial charge in [0.05, 0.1) is 6.04 Å². The van der Waals surface area contributed by atoms with E-state index in [9.17, 15) is 4.39 Å². The van der Waals surface area contributed by atoms with Gasteiger partial charge in [0, 0.05) is 10.6 Å². The van der Waals surface area contributed by atoms with E-state index < -0.39 is 0 Å². The average Bonchev–Trinajstić information content (AvgIpc) is 2.22. The van der Waals surface area contributed by atoms with Gasteiger partial charge in [-0.3, -0.25) is 11.3 Å². The SMILES string of the molecule is CCCCC(NN)c1c(F)cccc1Cl. The van der Waals surface area contributed by atoms with Crippen LogP contribution >= 0.6 is 11.6 Å². The standard InChI is InChI=1S/C11H16ClFN2/c1-2-3-7-10(15-14)11-8(12)5-4-6-9(11)13/h4-6,10,15H,2-3,7,14H2,1H3. The van der Waals surface area contributed by atoms with Gasteiger partial charge in [0.15, 0.2) is 0 Å². The van der Waals surface area contributed by atoms with Gasteiger partial charge in [0.1, 0.15) is 5.82 Å². The molecule has 2 nitrogen and oxygen atoms in total. The van der Waals surface area contributed by atoms with Crippen molar-refractivity contribution in [2.45, 2.75) is 32.2 Å². The smallest absolute Gasteiger partial charge is 0.129 e. The molecule has 1 atom stereocenters. The molecule has 0 bridgehead atoms. The third-order valence-electron chi connectivity index (χ3n) is 2.40. The maximum atomic E-state index is 13.5. The lowest BCUT2D eigenvalue weighted by Gasteiger charge is -2.17. The summed E-state index contributed by atoms with van der Waals surface area (Å²) in [7, 11) is 0. The van der Waals surface area contributed by atoms with E-state index in [0.717, 1.165) is 19.3 Å². The Labute approximate surface area is 94.6 Å². The van der Waals surface area contributed by atoms with Gasteiger partial charge in [-0.2, -0.15) is 0 Å². The number of hydrogen-bond donors (Lipinski definition) is 2. The molecule has 0 aliphatic rings. The minimum absolute atomic E-state index is 0.210. The van der Waals surface area contributed by atoms with Gasteiger partial charge < -0.3 is 0 Å². The maximum Gasteiger partial charge on any atom is 0.129 e. The molecule has 4 heteroatoms. The summed E-state index contributed by atoms with van der Waals surface area (Å²) in [5.74, 6) is 5.10. The first-order chi connectivity index (χ1) is 7.20. The van der Waals surface area contributed by atoms with Gasteiger partial charge in [-0.15, -0.1) is 0 Å². The monoisotopic (exact) mass is 230 g/mol. The maximum absolute atomic E-state index is 13.5. The number of hydrogen-bond acceptors (Lipinski definition) is 2. The molecule has 15 heavy (non-hydrogen) atoms. The molecule has 0 fully saturated rings. The van der Waals surface area contributed by atoms with Crippen molar-refractivity contribution in [2.75, 3.05) is 0 Å². The number of unbranched alkanes of at least 4 members (excludes halogenated alkanes) is 1. The molecule has 3 N–H and O–H groups in total. The minimum atomic E-state index is -0.304. The second-order valence-corrected chi connectivity index (χ2v) is 3.90. The summed E-state index contributed by atoms with van der Waals surface area (Å²) in [5, 5.41) is 0.425. The van der Waals surface area contributed by atoms with Crippen LogP contribution in [0.3, 0.4) is 0 Å². The van der Waals surface area contributed by atoms with Crippen LogP contribution in [-0.2, 0) is 0 Å². The van der Waals surface area contributed by atoms with Gasteiger partial charge in [0.2, 0.25) is 0 Å². The summed E-state index contributed by atoms with van der Waals surface area (Å²) >= 11 is 5.95. The van der Waals surface area contributed by atoms with E-state index in [0.29, 0.717) is 10.6 Å². The molecular weight excluding hydrogens is 215 g/mol. The van der Waals surface area contributed by atoms with E-state index in [1.54, 1.807) is 12.1 Å². The lowest BCUT2D eigenvalue weighted by atomic mass is 10.0. The third-order valence-corrected chi connectivity index (χ3v) is 2.73. The van der Waals surface area contributed by atoms with Crippen LogP contribution in [0.4, 0.5) is 4.39 Å². The fourth-order valence-electron chi connectivity index (χ4n) is 1.56. The molecule has 0 aliphatic carbocycles. The van der Waals surface area contributed by atoms with Crippen LogP contribution in [0, 0.1) is 5.82 Å². The van der Waals surface area contributed by atoms with Crippen molar-refractivity contribution in [1.29, 1.82) is 0 Å². The summed E-state index contributed by atoms with van der Waals surface area (Å²) in [5.41, 5.74) is 3.08. The Bertz CT molecular complexity index is 297. The summed E-state index contributed by atoms with van der Waals surface area (Å²) in [4.78, 5) is 0. The van der Waals surface area contributed by atoms with E-state index >= 15 is 0 Å². The highest BCUT2D eigenvalue weighted by molar-refractivity contribution is 6.31. The van der Waals surface area contributed by atoms with Gasteiger partial charge in [0.25, 0.3) is 0 Å². The minimum Gasteiger partial charge on any atom is -0.271 e. The zero-order valence-electron chi connectivity index (χ0n) is 8.76. The zero-order chi connectivity index (χ0) is 11.3. The quantitative estimate of drug-likeness (QED) is 0.602. The van der Waals surface area contributed by atoms with Crippen LogP contribution in [0.1, 0.15) is 37.8 Å². The number of hydrazine groups is 1. The fourth-order valence-corrected chi connectivity index (χ4v) is 1.86. The van der Waals surface area contributed by atoms with Crippen molar-refractivity contribution in [1.82, 2.24) is 5.43 Å². The van der Waals surface area contributed by atoms with E-state index in [1.165, 1.54) is 6.07 Å². The van der Waals surface area contributed by atoms with E-state index in [2.05, 4.69) is 12.3 Å². The number of nitrogens with two attached hydrogens (primary N) is 1. The number of halogens is 2.